The summed E-state index contributed by atoms with van der Waals surface area (Å²) in [6.45, 7) is 0.726. The molecular formula is C35H28N2O17S4. The smallest absolute Gasteiger partial charge is 0.344 e. The molecule has 304 valence electrons. The first kappa shape index (κ1) is 41.8. The number of sulfone groups is 1. The summed E-state index contributed by atoms with van der Waals surface area (Å²) in [4.78, 5) is 51.9. The van der Waals surface area contributed by atoms with E-state index in [1.165, 1.54) is 43.3 Å². The van der Waals surface area contributed by atoms with Gasteiger partial charge in [-0.05, 0) is 60.4 Å². The number of aliphatic carboxylic acids is 1. The number of hydrogen-bond acceptors (Lipinski definition) is 14. The maximum absolute atomic E-state index is 14.3. The van der Waals surface area contributed by atoms with Crippen molar-refractivity contribution < 1.29 is 71.6 Å². The molecule has 4 aromatic carbocycles. The number of H-pyrrole nitrogens is 1. The second kappa shape index (κ2) is 14.8. The minimum atomic E-state index is -5.38. The Morgan fingerprint density at radius 2 is 1.38 bits per heavy atom. The number of rotatable bonds is 13. The van der Waals surface area contributed by atoms with Crippen LogP contribution in [0.1, 0.15) is 50.2 Å². The van der Waals surface area contributed by atoms with Crippen LogP contribution in [-0.4, -0.2) is 80.9 Å². The average Bonchev–Trinajstić information content (AvgIpc) is 3.11. The number of anilines is 2. The van der Waals surface area contributed by atoms with E-state index < -0.39 is 141 Å². The lowest BCUT2D eigenvalue weighted by Gasteiger charge is -2.25. The Morgan fingerprint density at radius 1 is 0.741 bits per heavy atom. The first-order valence-electron chi connectivity index (χ1n) is 16.4. The highest BCUT2D eigenvalue weighted by Crippen LogP contribution is 2.46. The van der Waals surface area contributed by atoms with Crippen LogP contribution in [-0.2, 0) is 56.3 Å². The molecule has 5 aromatic rings. The van der Waals surface area contributed by atoms with E-state index in [1.807, 2.05) is 0 Å². The number of pyridine rings is 1. The van der Waals surface area contributed by atoms with Crippen molar-refractivity contribution in [3.63, 3.8) is 0 Å². The Bertz CT molecular complexity index is 3160. The maximum Gasteiger partial charge on any atom is 0.344 e. The first-order chi connectivity index (χ1) is 26.9. The molecule has 6 N–H and O–H groups in total. The van der Waals surface area contributed by atoms with E-state index in [-0.39, 0.29) is 28.7 Å². The summed E-state index contributed by atoms with van der Waals surface area (Å²) < 4.78 is 136. The van der Waals surface area contributed by atoms with E-state index >= 15 is 0 Å². The molecule has 0 bridgehead atoms. The van der Waals surface area contributed by atoms with E-state index in [0.29, 0.717) is 12.1 Å². The van der Waals surface area contributed by atoms with Crippen LogP contribution in [0.2, 0.25) is 0 Å². The second-order valence-corrected chi connectivity index (χ2v) is 19.1. The predicted molar refractivity (Wildman–Crippen MR) is 202 cm³/mol. The zero-order valence-electron chi connectivity index (χ0n) is 29.4. The van der Waals surface area contributed by atoms with Crippen LogP contribution in [0.5, 0.6) is 0 Å². The molecule has 58 heavy (non-hydrogen) atoms. The van der Waals surface area contributed by atoms with Crippen LogP contribution >= 0.6 is 0 Å². The van der Waals surface area contributed by atoms with Crippen molar-refractivity contribution in [1.29, 1.82) is 0 Å². The van der Waals surface area contributed by atoms with Crippen LogP contribution in [0, 0.1) is 6.92 Å². The van der Waals surface area contributed by atoms with Crippen molar-refractivity contribution in [3.8, 4) is 11.1 Å². The van der Waals surface area contributed by atoms with Gasteiger partial charge in [0.25, 0.3) is 35.9 Å². The van der Waals surface area contributed by atoms with Gasteiger partial charge in [0.2, 0.25) is 0 Å². The summed E-state index contributed by atoms with van der Waals surface area (Å²) >= 11 is 0. The highest BCUT2D eigenvalue weighted by atomic mass is 32.2. The summed E-state index contributed by atoms with van der Waals surface area (Å²) in [6.07, 6.45) is -0.875. The third kappa shape index (κ3) is 8.00. The van der Waals surface area contributed by atoms with E-state index in [9.17, 15) is 66.5 Å². The number of ether oxygens (including phenoxy) is 1. The Hall–Kier alpha value is -5.82. The van der Waals surface area contributed by atoms with Gasteiger partial charge in [-0.25, -0.2) is 13.2 Å². The number of benzene rings is 4. The van der Waals surface area contributed by atoms with Gasteiger partial charge >= 0.3 is 11.9 Å². The number of carboxylic acid groups (broad SMARTS) is 1. The molecule has 23 heteroatoms. The minimum Gasteiger partial charge on any atom is -0.481 e. The van der Waals surface area contributed by atoms with Gasteiger partial charge in [0.15, 0.2) is 15.6 Å². The number of carbonyl (C=O) groups is 3. The quantitative estimate of drug-likeness (QED) is 0.0714. The zero-order chi connectivity index (χ0) is 42.7. The first-order valence-corrected chi connectivity index (χ1v) is 22.3. The van der Waals surface area contributed by atoms with Gasteiger partial charge in [-0.3, -0.25) is 28.0 Å². The standard InChI is InChI=1S/C35H28N2O17S4/c1-17-8-9-18(13-25(17)57(48,49)50)16-54-35(42)31-28-20-5-2-3-6-21(20)33(40)29-23(15-26(58(51,52)53)32(30(28)29)37-34(31)41)36-22-14-19(10-11-24(22)56(45,46)47)55(43,44)12-4-7-27(38)39/h2-3,5-6,8-11,13-15,36H,4,7,12,16H2,1H3,(H,37,41)(H,38,39)(H,45,46,47)(H,48,49,50)(H,51,52,53). The lowest BCUT2D eigenvalue weighted by atomic mass is 9.81. The van der Waals surface area contributed by atoms with Crippen molar-refractivity contribution in [3.05, 3.63) is 105 Å². The van der Waals surface area contributed by atoms with Crippen LogP contribution in [0.4, 0.5) is 11.4 Å². The van der Waals surface area contributed by atoms with Gasteiger partial charge in [0, 0.05) is 22.9 Å². The molecule has 0 spiro atoms. The molecule has 0 saturated heterocycles. The number of carboxylic acids is 1. The van der Waals surface area contributed by atoms with Gasteiger partial charge in [0.1, 0.15) is 22.0 Å². The molecule has 1 heterocycles. The molecule has 0 unspecified atom stereocenters. The van der Waals surface area contributed by atoms with Crippen LogP contribution in [0.25, 0.3) is 22.0 Å². The zero-order valence-corrected chi connectivity index (χ0v) is 32.7. The van der Waals surface area contributed by atoms with Gasteiger partial charge in [0.05, 0.1) is 38.0 Å². The monoisotopic (exact) mass is 876 g/mol. The van der Waals surface area contributed by atoms with Crippen molar-refractivity contribution in [2.45, 2.75) is 46.0 Å². The van der Waals surface area contributed by atoms with Crippen LogP contribution in [0.15, 0.2) is 91.1 Å². The minimum absolute atomic E-state index is 0.0506. The van der Waals surface area contributed by atoms with Gasteiger partial charge in [-0.1, -0.05) is 36.4 Å². The number of nitrogens with one attached hydrogen (secondary N) is 2. The number of carbonyl (C=O) groups excluding carboxylic acids is 2. The third-order valence-corrected chi connectivity index (χ3v) is 13.6. The normalized spacial score (nSPS) is 12.9. The summed E-state index contributed by atoms with van der Waals surface area (Å²) in [7, 11) is -19.6. The van der Waals surface area contributed by atoms with E-state index in [2.05, 4.69) is 10.3 Å². The number of hydrogen-bond donors (Lipinski definition) is 6. The van der Waals surface area contributed by atoms with Gasteiger partial charge < -0.3 is 20.1 Å². The molecule has 1 aromatic heterocycles. The average molecular weight is 877 g/mol. The van der Waals surface area contributed by atoms with E-state index in [1.54, 1.807) is 0 Å². The largest absolute Gasteiger partial charge is 0.481 e. The molecule has 19 nitrogen and oxygen atoms in total. The summed E-state index contributed by atoms with van der Waals surface area (Å²) in [6, 6.07) is 11.9. The van der Waals surface area contributed by atoms with Crippen molar-refractivity contribution in [1.82, 2.24) is 4.98 Å². The Kier molecular flexibility index (Phi) is 10.7. The van der Waals surface area contributed by atoms with Crippen molar-refractivity contribution >= 4 is 80.2 Å². The molecule has 0 fully saturated rings. The third-order valence-electron chi connectivity index (χ3n) is 8.97. The molecule has 0 saturated carbocycles. The Morgan fingerprint density at radius 3 is 2.00 bits per heavy atom. The highest BCUT2D eigenvalue weighted by Gasteiger charge is 2.36. The second-order valence-electron chi connectivity index (χ2n) is 12.8. The highest BCUT2D eigenvalue weighted by molar-refractivity contribution is 7.91. The van der Waals surface area contributed by atoms with Crippen LogP contribution < -0.4 is 10.9 Å². The molecular weight excluding hydrogens is 849 g/mol. The number of esters is 1. The summed E-state index contributed by atoms with van der Waals surface area (Å²) in [5.41, 5.74) is -5.13. The number of ketones is 1. The topological polar surface area (TPSA) is 323 Å². The van der Waals surface area contributed by atoms with Crippen LogP contribution in [0.3, 0.4) is 0 Å². The molecule has 0 aliphatic heterocycles. The number of fused-ring (bicyclic) bond motifs is 2. The predicted octanol–water partition coefficient (Wildman–Crippen LogP) is 3.53. The fourth-order valence-electron chi connectivity index (χ4n) is 6.42. The van der Waals surface area contributed by atoms with Gasteiger partial charge in [-0.15, -0.1) is 0 Å². The summed E-state index contributed by atoms with van der Waals surface area (Å²) in [5.74, 6) is -4.28. The molecule has 0 amide bonds. The maximum atomic E-state index is 14.3. The molecule has 1 aliphatic rings. The SMILES string of the molecule is Cc1ccc(COC(=O)c2c3c4c(c(Nc5cc(S(=O)(=O)CCCC(=O)O)ccc5S(=O)(=O)O)cc(S(=O)(=O)O)c4[nH]c2=O)C(=O)c2ccccc2-3)cc1S(=O)(=O)O. The number of aryl methyl sites for hydroxylation is 1. The molecule has 0 atom stereocenters. The Balaban J connectivity index is 1.60. The fraction of sp³-hybridized carbons (Fsp3) is 0.143. The lowest BCUT2D eigenvalue weighted by Crippen LogP contribution is -2.26. The van der Waals surface area contributed by atoms with Crippen molar-refractivity contribution in [2.24, 2.45) is 0 Å². The fourth-order valence-corrected chi connectivity index (χ4v) is 9.83. The number of aromatic nitrogens is 1. The molecule has 0 radical (unpaired) electrons. The summed E-state index contributed by atoms with van der Waals surface area (Å²) in [5, 5.41) is 10.9. The Labute approximate surface area is 328 Å². The van der Waals surface area contributed by atoms with E-state index in [0.717, 1.165) is 18.2 Å². The van der Waals surface area contributed by atoms with E-state index in [4.69, 9.17) is 9.84 Å². The lowest BCUT2D eigenvalue weighted by molar-refractivity contribution is -0.137. The number of aromatic amines is 1. The van der Waals surface area contributed by atoms with Gasteiger partial charge in [-0.2, -0.15) is 25.3 Å². The van der Waals surface area contributed by atoms with Crippen molar-refractivity contribution in [2.75, 3.05) is 11.1 Å². The molecule has 1 aliphatic carbocycles. The molecule has 6 rings (SSSR count).